The smallest absolute Gasteiger partial charge is 0.310 e. The van der Waals surface area contributed by atoms with Crippen molar-refractivity contribution in [1.29, 1.82) is 0 Å². The molecule has 100 valence electrons. The molecule has 19 heavy (non-hydrogen) atoms. The SMILES string of the molecule is Cc1ccccc1CC1(C(=O)O)CCNC(=C=O)C1. The lowest BCUT2D eigenvalue weighted by atomic mass is 9.73. The van der Waals surface area contributed by atoms with E-state index in [1.165, 1.54) is 0 Å². The van der Waals surface area contributed by atoms with Crippen molar-refractivity contribution in [3.05, 3.63) is 41.1 Å². The maximum Gasteiger partial charge on any atom is 0.310 e. The first kappa shape index (κ1) is 13.4. The van der Waals surface area contributed by atoms with Crippen LogP contribution in [0, 0.1) is 12.3 Å². The van der Waals surface area contributed by atoms with E-state index in [-0.39, 0.29) is 6.42 Å². The van der Waals surface area contributed by atoms with Gasteiger partial charge in [-0.3, -0.25) is 4.79 Å². The van der Waals surface area contributed by atoms with Crippen LogP contribution in [0.5, 0.6) is 0 Å². The molecular formula is C15H17NO3. The highest BCUT2D eigenvalue weighted by atomic mass is 16.4. The third kappa shape index (κ3) is 2.69. The van der Waals surface area contributed by atoms with Crippen LogP contribution in [0.4, 0.5) is 0 Å². The Kier molecular flexibility index (Phi) is 3.72. The number of nitrogens with one attached hydrogen (secondary N) is 1. The number of benzene rings is 1. The van der Waals surface area contributed by atoms with Crippen LogP contribution in [0.2, 0.25) is 0 Å². The van der Waals surface area contributed by atoms with Crippen molar-refractivity contribution in [2.24, 2.45) is 5.41 Å². The molecule has 1 unspecified atom stereocenters. The molecule has 0 saturated carbocycles. The summed E-state index contributed by atoms with van der Waals surface area (Å²) in [6.07, 6.45) is 1.18. The average molecular weight is 259 g/mol. The summed E-state index contributed by atoms with van der Waals surface area (Å²) >= 11 is 0. The van der Waals surface area contributed by atoms with Gasteiger partial charge in [0.2, 0.25) is 0 Å². The van der Waals surface area contributed by atoms with Gasteiger partial charge in [-0.2, -0.15) is 0 Å². The van der Waals surface area contributed by atoms with Crippen LogP contribution in [-0.4, -0.2) is 23.6 Å². The lowest BCUT2D eigenvalue weighted by Crippen LogP contribution is -2.42. The molecule has 2 N–H and O–H groups in total. The first-order chi connectivity index (χ1) is 9.07. The summed E-state index contributed by atoms with van der Waals surface area (Å²) in [6, 6.07) is 7.77. The van der Waals surface area contributed by atoms with Crippen molar-refractivity contribution in [3.8, 4) is 0 Å². The number of allylic oxidation sites excluding steroid dienone is 1. The van der Waals surface area contributed by atoms with Crippen LogP contribution >= 0.6 is 0 Å². The van der Waals surface area contributed by atoms with E-state index < -0.39 is 11.4 Å². The summed E-state index contributed by atoms with van der Waals surface area (Å²) in [5.74, 6) is 0.964. The molecule has 0 radical (unpaired) electrons. The zero-order chi connectivity index (χ0) is 13.9. The number of carboxylic acid groups (broad SMARTS) is 1. The summed E-state index contributed by atoms with van der Waals surface area (Å²) in [5, 5.41) is 12.5. The fourth-order valence-electron chi connectivity index (χ4n) is 2.60. The molecule has 1 heterocycles. The van der Waals surface area contributed by atoms with Crippen molar-refractivity contribution in [2.75, 3.05) is 6.54 Å². The summed E-state index contributed by atoms with van der Waals surface area (Å²) in [6.45, 7) is 2.48. The van der Waals surface area contributed by atoms with Gasteiger partial charge in [0.15, 0.2) is 0 Å². The molecule has 0 aliphatic carbocycles. The highest BCUT2D eigenvalue weighted by Crippen LogP contribution is 2.36. The summed E-state index contributed by atoms with van der Waals surface area (Å²) < 4.78 is 0. The second-order valence-corrected chi connectivity index (χ2v) is 5.12. The molecule has 1 aromatic carbocycles. The van der Waals surface area contributed by atoms with E-state index in [0.29, 0.717) is 25.1 Å². The third-order valence-electron chi connectivity index (χ3n) is 3.82. The van der Waals surface area contributed by atoms with E-state index in [2.05, 4.69) is 5.32 Å². The minimum absolute atomic E-state index is 0.222. The predicted molar refractivity (Wildman–Crippen MR) is 71.4 cm³/mol. The zero-order valence-corrected chi connectivity index (χ0v) is 10.9. The van der Waals surface area contributed by atoms with Gasteiger partial charge in [-0.25, -0.2) is 4.79 Å². The van der Waals surface area contributed by atoms with E-state index in [1.807, 2.05) is 31.2 Å². The van der Waals surface area contributed by atoms with Crippen LogP contribution in [-0.2, 0) is 16.0 Å². The van der Waals surface area contributed by atoms with Gasteiger partial charge in [0.05, 0.1) is 11.1 Å². The number of carboxylic acids is 1. The van der Waals surface area contributed by atoms with Crippen molar-refractivity contribution in [1.82, 2.24) is 5.32 Å². The van der Waals surface area contributed by atoms with Crippen molar-refractivity contribution in [3.63, 3.8) is 0 Å². The van der Waals surface area contributed by atoms with Gasteiger partial charge in [-0.15, -0.1) is 0 Å². The molecule has 1 aromatic rings. The summed E-state index contributed by atoms with van der Waals surface area (Å²) in [7, 11) is 0. The van der Waals surface area contributed by atoms with E-state index in [1.54, 1.807) is 5.94 Å². The van der Waals surface area contributed by atoms with Crippen LogP contribution in [0.1, 0.15) is 24.0 Å². The van der Waals surface area contributed by atoms with Crippen LogP contribution in [0.15, 0.2) is 30.0 Å². The topological polar surface area (TPSA) is 66.4 Å². The number of piperidine rings is 1. The molecule has 2 rings (SSSR count). The van der Waals surface area contributed by atoms with Gasteiger partial charge in [0.25, 0.3) is 0 Å². The molecule has 0 spiro atoms. The van der Waals surface area contributed by atoms with Gasteiger partial charge >= 0.3 is 5.97 Å². The Hall–Kier alpha value is -2.06. The zero-order valence-electron chi connectivity index (χ0n) is 10.9. The van der Waals surface area contributed by atoms with E-state index in [4.69, 9.17) is 0 Å². The quantitative estimate of drug-likeness (QED) is 0.811. The number of aryl methyl sites for hydroxylation is 1. The first-order valence-corrected chi connectivity index (χ1v) is 6.33. The van der Waals surface area contributed by atoms with Gasteiger partial charge in [0.1, 0.15) is 5.94 Å². The maximum atomic E-state index is 11.7. The van der Waals surface area contributed by atoms with Crippen LogP contribution in [0.25, 0.3) is 0 Å². The predicted octanol–water partition coefficient (Wildman–Crippen LogP) is 1.71. The molecule has 1 atom stereocenters. The second-order valence-electron chi connectivity index (χ2n) is 5.12. The molecule has 4 heteroatoms. The first-order valence-electron chi connectivity index (χ1n) is 6.33. The fraction of sp³-hybridized carbons (Fsp3) is 0.400. The highest BCUT2D eigenvalue weighted by molar-refractivity contribution is 5.76. The number of hydrogen-bond donors (Lipinski definition) is 2. The molecule has 0 aromatic heterocycles. The lowest BCUT2D eigenvalue weighted by Gasteiger charge is -2.34. The van der Waals surface area contributed by atoms with Crippen LogP contribution in [0.3, 0.4) is 0 Å². The van der Waals surface area contributed by atoms with E-state index in [9.17, 15) is 14.7 Å². The normalized spacial score (nSPS) is 22.5. The summed E-state index contributed by atoms with van der Waals surface area (Å²) in [5.41, 5.74) is 1.57. The van der Waals surface area contributed by atoms with Crippen molar-refractivity contribution >= 4 is 11.9 Å². The van der Waals surface area contributed by atoms with Gasteiger partial charge < -0.3 is 10.4 Å². The Bertz CT molecular complexity index is 546. The molecular weight excluding hydrogens is 242 g/mol. The number of rotatable bonds is 3. The Morgan fingerprint density at radius 2 is 2.21 bits per heavy atom. The third-order valence-corrected chi connectivity index (χ3v) is 3.82. The number of hydrogen-bond acceptors (Lipinski definition) is 3. The molecule has 1 fully saturated rings. The Morgan fingerprint density at radius 3 is 2.84 bits per heavy atom. The Labute approximate surface area is 112 Å². The Morgan fingerprint density at radius 1 is 1.47 bits per heavy atom. The molecule has 1 saturated heterocycles. The van der Waals surface area contributed by atoms with Gasteiger partial charge in [0, 0.05) is 13.0 Å². The van der Waals surface area contributed by atoms with Crippen molar-refractivity contribution < 1.29 is 14.7 Å². The van der Waals surface area contributed by atoms with E-state index >= 15 is 0 Å². The molecule has 0 amide bonds. The fourth-order valence-corrected chi connectivity index (χ4v) is 2.60. The average Bonchev–Trinajstić information content (AvgIpc) is 2.41. The molecule has 1 aliphatic rings. The van der Waals surface area contributed by atoms with E-state index in [0.717, 1.165) is 11.1 Å². The largest absolute Gasteiger partial charge is 0.481 e. The molecule has 4 nitrogen and oxygen atoms in total. The second kappa shape index (κ2) is 5.29. The minimum atomic E-state index is -0.899. The number of aliphatic carboxylic acids is 1. The van der Waals surface area contributed by atoms with Gasteiger partial charge in [-0.05, 0) is 30.9 Å². The maximum absolute atomic E-state index is 11.7. The molecule has 1 aliphatic heterocycles. The number of carbonyl (C=O) groups is 1. The Balaban J connectivity index is 2.33. The standard InChI is InChI=1S/C15H17NO3/c1-11-4-2-3-5-12(11)8-15(14(18)19)6-7-16-13(9-15)10-17/h2-5,16H,6-9H2,1H3,(H,18,19). The van der Waals surface area contributed by atoms with Crippen LogP contribution < -0.4 is 5.32 Å². The lowest BCUT2D eigenvalue weighted by molar-refractivity contribution is -0.150. The summed E-state index contributed by atoms with van der Waals surface area (Å²) in [4.78, 5) is 22.5. The highest BCUT2D eigenvalue weighted by Gasteiger charge is 2.42. The minimum Gasteiger partial charge on any atom is -0.481 e. The van der Waals surface area contributed by atoms with Crippen molar-refractivity contribution in [2.45, 2.75) is 26.2 Å². The number of carbonyl (C=O) groups excluding carboxylic acids is 1. The van der Waals surface area contributed by atoms with Gasteiger partial charge in [-0.1, -0.05) is 24.3 Å². The molecule has 0 bridgehead atoms. The monoisotopic (exact) mass is 259 g/mol.